The minimum atomic E-state index is -4.62. The molecule has 5 heteroatoms. The molecule has 3 nitrogen and oxygen atoms in total. The summed E-state index contributed by atoms with van der Waals surface area (Å²) in [6.45, 7) is 1.39. The predicted molar refractivity (Wildman–Crippen MR) is 81.2 cm³/mol. The molecule has 19 heavy (non-hydrogen) atoms. The molecule has 1 aromatic carbocycles. The SMILES string of the molecule is [2H]C([2H])([2H])P(=O)(c1ccc(B2OC(C)(C)C(C)(C)O2)cc1)C([2H])([2H])[2H]. The normalized spacial score (nSPS) is 27.7. The molecule has 0 amide bonds. The number of hydrogen-bond donors (Lipinski definition) is 0. The lowest BCUT2D eigenvalue weighted by atomic mass is 9.79. The third-order valence-corrected chi connectivity index (χ3v) is 4.81. The summed E-state index contributed by atoms with van der Waals surface area (Å²) in [5, 5.41) is -0.201. The molecule has 0 radical (unpaired) electrons. The highest BCUT2D eigenvalue weighted by Gasteiger charge is 2.51. The second-order valence-electron chi connectivity index (χ2n) is 5.79. The second-order valence-corrected chi connectivity index (χ2v) is 7.52. The summed E-state index contributed by atoms with van der Waals surface area (Å²) in [5.41, 5.74) is -0.475. The molecule has 0 atom stereocenters. The summed E-state index contributed by atoms with van der Waals surface area (Å²) in [6, 6.07) is 5.56. The van der Waals surface area contributed by atoms with Crippen molar-refractivity contribution >= 4 is 25.0 Å². The number of rotatable bonds is 2. The molecule has 1 aliphatic heterocycles. The lowest BCUT2D eigenvalue weighted by Gasteiger charge is -2.32. The van der Waals surface area contributed by atoms with E-state index in [0.717, 1.165) is 0 Å². The molecule has 1 heterocycles. The smallest absolute Gasteiger partial charge is 0.399 e. The topological polar surface area (TPSA) is 35.5 Å². The van der Waals surface area contributed by atoms with Gasteiger partial charge in [-0.2, -0.15) is 0 Å². The van der Waals surface area contributed by atoms with Gasteiger partial charge in [-0.25, -0.2) is 0 Å². The van der Waals surface area contributed by atoms with Crippen LogP contribution in [0.3, 0.4) is 0 Å². The fourth-order valence-electron chi connectivity index (χ4n) is 1.82. The average Bonchev–Trinajstić information content (AvgIpc) is 2.64. The summed E-state index contributed by atoms with van der Waals surface area (Å²) in [5.74, 6) is 0. The second kappa shape index (κ2) is 4.48. The first-order valence-corrected chi connectivity index (χ1v) is 7.80. The summed E-state index contributed by atoms with van der Waals surface area (Å²) >= 11 is 0. The standard InChI is InChI=1S/C14H22BO3P/c1-13(2)14(3,4)18-15(17-13)11-7-9-12(10-8-11)19(5,6)16/h7-10H,1-6H3/i5D3,6D3. The minimum absolute atomic E-state index is 0.201. The van der Waals surface area contributed by atoms with E-state index in [9.17, 15) is 4.57 Å². The van der Waals surface area contributed by atoms with E-state index in [1.807, 2.05) is 27.7 Å². The largest absolute Gasteiger partial charge is 0.494 e. The summed E-state index contributed by atoms with van der Waals surface area (Å²) in [7, 11) is -5.29. The van der Waals surface area contributed by atoms with Crippen molar-refractivity contribution in [2.45, 2.75) is 38.9 Å². The molecule has 2 rings (SSSR count). The van der Waals surface area contributed by atoms with Crippen molar-refractivity contribution in [1.29, 1.82) is 0 Å². The van der Waals surface area contributed by atoms with Crippen molar-refractivity contribution < 1.29 is 22.1 Å². The lowest BCUT2D eigenvalue weighted by molar-refractivity contribution is 0.00578. The molecular weight excluding hydrogens is 258 g/mol. The molecule has 0 aliphatic carbocycles. The van der Waals surface area contributed by atoms with Gasteiger partial charge >= 0.3 is 7.12 Å². The third kappa shape index (κ3) is 2.81. The lowest BCUT2D eigenvalue weighted by Crippen LogP contribution is -2.41. The van der Waals surface area contributed by atoms with Gasteiger partial charge in [-0.05, 0) is 46.3 Å². The van der Waals surface area contributed by atoms with Crippen molar-refractivity contribution in [2.24, 2.45) is 0 Å². The number of hydrogen-bond acceptors (Lipinski definition) is 3. The molecule has 0 spiro atoms. The van der Waals surface area contributed by atoms with Crippen LogP contribution >= 0.6 is 7.14 Å². The van der Waals surface area contributed by atoms with Crippen molar-refractivity contribution in [1.82, 2.24) is 0 Å². The van der Waals surface area contributed by atoms with E-state index in [2.05, 4.69) is 0 Å². The van der Waals surface area contributed by atoms with Crippen LogP contribution in [0.2, 0.25) is 0 Å². The van der Waals surface area contributed by atoms with E-state index in [4.69, 9.17) is 17.5 Å². The van der Waals surface area contributed by atoms with Gasteiger partial charge in [0.1, 0.15) is 7.14 Å². The van der Waals surface area contributed by atoms with Gasteiger partial charge < -0.3 is 13.9 Å². The zero-order chi connectivity index (χ0) is 19.5. The molecule has 1 aromatic rings. The highest BCUT2D eigenvalue weighted by molar-refractivity contribution is 7.70. The first-order chi connectivity index (χ1) is 11.0. The van der Waals surface area contributed by atoms with Crippen LogP contribution in [0.4, 0.5) is 0 Å². The van der Waals surface area contributed by atoms with Gasteiger partial charge in [-0.15, -0.1) is 0 Å². The van der Waals surface area contributed by atoms with Gasteiger partial charge in [0, 0.05) is 13.5 Å². The van der Waals surface area contributed by atoms with Gasteiger partial charge in [-0.3, -0.25) is 0 Å². The highest BCUT2D eigenvalue weighted by Crippen LogP contribution is 2.37. The Morgan fingerprint density at radius 3 is 1.95 bits per heavy atom. The maximum absolute atomic E-state index is 12.9. The van der Waals surface area contributed by atoms with Crippen molar-refractivity contribution in [2.75, 3.05) is 13.2 Å². The van der Waals surface area contributed by atoms with Crippen LogP contribution in [0.25, 0.3) is 0 Å². The quantitative estimate of drug-likeness (QED) is 0.618. The van der Waals surface area contributed by atoms with Gasteiger partial charge in [0.15, 0.2) is 0 Å². The Hall–Kier alpha value is -0.565. The molecule has 0 saturated carbocycles. The van der Waals surface area contributed by atoms with Crippen LogP contribution in [0.15, 0.2) is 24.3 Å². The summed E-state index contributed by atoms with van der Waals surface area (Å²) in [6.07, 6.45) is 0. The van der Waals surface area contributed by atoms with E-state index in [-0.39, 0.29) is 5.30 Å². The Morgan fingerprint density at radius 1 is 1.05 bits per heavy atom. The minimum Gasteiger partial charge on any atom is -0.399 e. The number of benzene rings is 1. The van der Waals surface area contributed by atoms with Crippen molar-refractivity contribution in [3.05, 3.63) is 24.3 Å². The van der Waals surface area contributed by atoms with Crippen LogP contribution in [0.5, 0.6) is 0 Å². The molecule has 0 N–H and O–H groups in total. The maximum atomic E-state index is 12.9. The van der Waals surface area contributed by atoms with Crippen LogP contribution in [-0.4, -0.2) is 31.5 Å². The zero-order valence-corrected chi connectivity index (χ0v) is 12.5. The Balaban J connectivity index is 2.39. The van der Waals surface area contributed by atoms with Crippen LogP contribution in [-0.2, 0) is 13.9 Å². The molecule has 1 aliphatic rings. The van der Waals surface area contributed by atoms with Crippen LogP contribution in [0.1, 0.15) is 35.9 Å². The Kier molecular flexibility index (Phi) is 2.04. The zero-order valence-electron chi connectivity index (χ0n) is 17.6. The fourth-order valence-corrected chi connectivity index (χ4v) is 2.39. The molecule has 104 valence electrons. The summed E-state index contributed by atoms with van der Waals surface area (Å²) in [4.78, 5) is 0. The predicted octanol–water partition coefficient (Wildman–Crippen LogP) is 2.23. The van der Waals surface area contributed by atoms with E-state index >= 15 is 0 Å². The van der Waals surface area contributed by atoms with Crippen molar-refractivity contribution in [3.8, 4) is 0 Å². The van der Waals surface area contributed by atoms with E-state index in [1.165, 1.54) is 24.3 Å². The fraction of sp³-hybridized carbons (Fsp3) is 0.571. The molecule has 0 bridgehead atoms. The van der Waals surface area contributed by atoms with Gasteiger partial charge in [0.05, 0.1) is 11.2 Å². The molecule has 1 fully saturated rings. The van der Waals surface area contributed by atoms with Crippen LogP contribution < -0.4 is 10.8 Å². The van der Waals surface area contributed by atoms with Crippen molar-refractivity contribution in [3.63, 3.8) is 0 Å². The maximum Gasteiger partial charge on any atom is 0.494 e. The Morgan fingerprint density at radius 2 is 1.53 bits per heavy atom. The first kappa shape index (κ1) is 8.66. The first-order valence-electron chi connectivity index (χ1n) is 9.09. The van der Waals surface area contributed by atoms with Crippen LogP contribution in [0, 0.1) is 0 Å². The molecule has 0 aromatic heterocycles. The Labute approximate surface area is 124 Å². The molecule has 0 unspecified atom stereocenters. The molecule has 1 saturated heterocycles. The average molecular weight is 286 g/mol. The van der Waals surface area contributed by atoms with Gasteiger partial charge in [0.25, 0.3) is 0 Å². The Bertz CT molecular complexity index is 662. The van der Waals surface area contributed by atoms with E-state index < -0.39 is 38.6 Å². The van der Waals surface area contributed by atoms with E-state index in [0.29, 0.717) is 5.46 Å². The summed E-state index contributed by atoms with van der Waals surface area (Å²) < 4.78 is 69.5. The highest BCUT2D eigenvalue weighted by atomic mass is 31.2. The molecular formula is C14H22BO3P. The van der Waals surface area contributed by atoms with Gasteiger partial charge in [0.2, 0.25) is 0 Å². The van der Waals surface area contributed by atoms with E-state index in [1.54, 1.807) is 0 Å². The van der Waals surface area contributed by atoms with Gasteiger partial charge in [-0.1, -0.05) is 24.3 Å². The monoisotopic (exact) mass is 286 g/mol. The third-order valence-electron chi connectivity index (χ3n) is 3.78.